The SMILES string of the molecule is CSCC(C)(O)CNS(=O)(=O)N1CCOCC1. The molecule has 1 heterocycles. The fourth-order valence-electron chi connectivity index (χ4n) is 1.49. The monoisotopic (exact) mass is 284 g/mol. The van der Waals surface area contributed by atoms with Gasteiger partial charge >= 0.3 is 0 Å². The Morgan fingerprint density at radius 1 is 1.47 bits per heavy atom. The van der Waals surface area contributed by atoms with Crippen molar-refractivity contribution in [3.05, 3.63) is 0 Å². The van der Waals surface area contributed by atoms with E-state index in [1.54, 1.807) is 6.92 Å². The van der Waals surface area contributed by atoms with Gasteiger partial charge in [0.05, 0.1) is 18.8 Å². The first-order chi connectivity index (χ1) is 7.87. The van der Waals surface area contributed by atoms with E-state index in [0.717, 1.165) is 0 Å². The first-order valence-corrected chi connectivity index (χ1v) is 8.24. The van der Waals surface area contributed by atoms with Crippen molar-refractivity contribution in [2.24, 2.45) is 0 Å². The Bertz CT molecular complexity index is 326. The maximum absolute atomic E-state index is 11.9. The van der Waals surface area contributed by atoms with Crippen LogP contribution in [-0.4, -0.2) is 68.3 Å². The van der Waals surface area contributed by atoms with Crippen molar-refractivity contribution < 1.29 is 18.3 Å². The van der Waals surface area contributed by atoms with Gasteiger partial charge in [0.2, 0.25) is 0 Å². The number of thioether (sulfide) groups is 1. The topological polar surface area (TPSA) is 78.9 Å². The summed E-state index contributed by atoms with van der Waals surface area (Å²) >= 11 is 1.48. The molecule has 0 aromatic rings. The zero-order valence-corrected chi connectivity index (χ0v) is 11.8. The average molecular weight is 284 g/mol. The summed E-state index contributed by atoms with van der Waals surface area (Å²) in [6.07, 6.45) is 1.87. The van der Waals surface area contributed by atoms with Gasteiger partial charge in [0.1, 0.15) is 0 Å². The molecule has 1 atom stereocenters. The minimum Gasteiger partial charge on any atom is -0.388 e. The third kappa shape index (κ3) is 5.11. The van der Waals surface area contributed by atoms with Gasteiger partial charge in [-0.25, -0.2) is 0 Å². The van der Waals surface area contributed by atoms with Gasteiger partial charge in [0.25, 0.3) is 10.2 Å². The van der Waals surface area contributed by atoms with Gasteiger partial charge in [-0.15, -0.1) is 0 Å². The molecular formula is C9H20N2O4S2. The fourth-order valence-corrected chi connectivity index (χ4v) is 3.52. The van der Waals surface area contributed by atoms with Crippen LogP contribution in [-0.2, 0) is 14.9 Å². The Labute approximate surface area is 107 Å². The highest BCUT2D eigenvalue weighted by molar-refractivity contribution is 7.98. The van der Waals surface area contributed by atoms with Crippen molar-refractivity contribution in [3.63, 3.8) is 0 Å². The molecule has 102 valence electrons. The molecular weight excluding hydrogens is 264 g/mol. The van der Waals surface area contributed by atoms with Crippen LogP contribution in [0.4, 0.5) is 0 Å². The molecule has 1 aliphatic rings. The van der Waals surface area contributed by atoms with Gasteiger partial charge in [-0.3, -0.25) is 0 Å². The van der Waals surface area contributed by atoms with Crippen LogP contribution < -0.4 is 4.72 Å². The molecule has 1 rings (SSSR count). The molecule has 1 fully saturated rings. The molecule has 8 heteroatoms. The molecule has 0 amide bonds. The van der Waals surface area contributed by atoms with Gasteiger partial charge < -0.3 is 9.84 Å². The quantitative estimate of drug-likeness (QED) is 0.672. The van der Waals surface area contributed by atoms with Crippen molar-refractivity contribution in [1.29, 1.82) is 0 Å². The molecule has 6 nitrogen and oxygen atoms in total. The Morgan fingerprint density at radius 3 is 2.59 bits per heavy atom. The first-order valence-electron chi connectivity index (χ1n) is 5.41. The van der Waals surface area contributed by atoms with Crippen LogP contribution in [0.2, 0.25) is 0 Å². The predicted molar refractivity (Wildman–Crippen MR) is 68.3 cm³/mol. The molecule has 1 aliphatic heterocycles. The molecule has 0 spiro atoms. The summed E-state index contributed by atoms with van der Waals surface area (Å²) < 4.78 is 32.6. The van der Waals surface area contributed by atoms with Crippen molar-refractivity contribution in [3.8, 4) is 0 Å². The second-order valence-electron chi connectivity index (χ2n) is 4.27. The molecule has 1 unspecified atom stereocenters. The highest BCUT2D eigenvalue weighted by Gasteiger charge is 2.27. The van der Waals surface area contributed by atoms with E-state index >= 15 is 0 Å². The van der Waals surface area contributed by atoms with Crippen molar-refractivity contribution in [2.75, 3.05) is 44.9 Å². The van der Waals surface area contributed by atoms with E-state index in [-0.39, 0.29) is 6.54 Å². The second kappa shape index (κ2) is 6.35. The first kappa shape index (κ1) is 15.2. The number of nitrogens with zero attached hydrogens (tertiary/aromatic N) is 1. The van der Waals surface area contributed by atoms with Crippen LogP contribution in [0.15, 0.2) is 0 Å². The third-order valence-corrected chi connectivity index (χ3v) is 4.87. The maximum Gasteiger partial charge on any atom is 0.279 e. The summed E-state index contributed by atoms with van der Waals surface area (Å²) in [6, 6.07) is 0. The summed E-state index contributed by atoms with van der Waals surface area (Å²) in [7, 11) is -3.50. The molecule has 1 saturated heterocycles. The Kier molecular flexibility index (Phi) is 5.68. The number of hydrogen-bond acceptors (Lipinski definition) is 5. The Morgan fingerprint density at radius 2 is 2.06 bits per heavy atom. The molecule has 0 radical (unpaired) electrons. The fraction of sp³-hybridized carbons (Fsp3) is 1.00. The van der Waals surface area contributed by atoms with Crippen LogP contribution in [0.5, 0.6) is 0 Å². The number of ether oxygens (including phenoxy) is 1. The number of hydrogen-bond donors (Lipinski definition) is 2. The van der Waals surface area contributed by atoms with Gasteiger partial charge in [0, 0.05) is 25.4 Å². The molecule has 0 saturated carbocycles. The lowest BCUT2D eigenvalue weighted by Gasteiger charge is -2.28. The van der Waals surface area contributed by atoms with Crippen LogP contribution in [0.3, 0.4) is 0 Å². The molecule has 0 aromatic heterocycles. The lowest BCUT2D eigenvalue weighted by Crippen LogP contribution is -2.50. The molecule has 2 N–H and O–H groups in total. The Hall–Kier alpha value is 0.140. The van der Waals surface area contributed by atoms with Gasteiger partial charge in [-0.05, 0) is 13.2 Å². The van der Waals surface area contributed by atoms with Crippen LogP contribution in [0, 0.1) is 0 Å². The third-order valence-electron chi connectivity index (χ3n) is 2.40. The smallest absolute Gasteiger partial charge is 0.279 e. The van der Waals surface area contributed by atoms with Crippen molar-refractivity contribution in [2.45, 2.75) is 12.5 Å². The molecule has 0 aliphatic carbocycles. The summed E-state index contributed by atoms with van der Waals surface area (Å²) in [5, 5.41) is 9.89. The predicted octanol–water partition coefficient (Wildman–Crippen LogP) is -0.733. The lowest BCUT2D eigenvalue weighted by atomic mass is 10.1. The van der Waals surface area contributed by atoms with E-state index < -0.39 is 15.8 Å². The number of aliphatic hydroxyl groups is 1. The van der Waals surface area contributed by atoms with Crippen molar-refractivity contribution >= 4 is 22.0 Å². The van der Waals surface area contributed by atoms with E-state index in [1.807, 2.05) is 6.26 Å². The molecule has 0 aromatic carbocycles. The summed E-state index contributed by atoms with van der Waals surface area (Å²) in [6.45, 7) is 3.20. The highest BCUT2D eigenvalue weighted by Crippen LogP contribution is 2.10. The van der Waals surface area contributed by atoms with Crippen molar-refractivity contribution in [1.82, 2.24) is 9.03 Å². The Balaban J connectivity index is 2.49. The van der Waals surface area contributed by atoms with Crippen LogP contribution in [0.1, 0.15) is 6.92 Å². The summed E-state index contributed by atoms with van der Waals surface area (Å²) in [5.41, 5.74) is -1.03. The average Bonchev–Trinajstić information content (AvgIpc) is 2.28. The lowest BCUT2D eigenvalue weighted by molar-refractivity contribution is 0.0702. The van der Waals surface area contributed by atoms with Crippen LogP contribution in [0.25, 0.3) is 0 Å². The second-order valence-corrected chi connectivity index (χ2v) is 6.89. The number of rotatable bonds is 6. The van der Waals surface area contributed by atoms with E-state index in [4.69, 9.17) is 4.74 Å². The summed E-state index contributed by atoms with van der Waals surface area (Å²) in [4.78, 5) is 0. The van der Waals surface area contributed by atoms with Gasteiger partial charge in [-0.2, -0.15) is 29.2 Å². The largest absolute Gasteiger partial charge is 0.388 e. The van der Waals surface area contributed by atoms with E-state index in [2.05, 4.69) is 4.72 Å². The minimum absolute atomic E-state index is 0.0214. The highest BCUT2D eigenvalue weighted by atomic mass is 32.2. The zero-order valence-electron chi connectivity index (χ0n) is 10.2. The van der Waals surface area contributed by atoms with E-state index in [0.29, 0.717) is 32.1 Å². The number of nitrogens with one attached hydrogen (secondary N) is 1. The number of morpholine rings is 1. The normalized spacial score (nSPS) is 22.3. The minimum atomic E-state index is -3.50. The standard InChI is InChI=1S/C9H20N2O4S2/c1-9(12,8-16-2)7-10-17(13,14)11-3-5-15-6-4-11/h10,12H,3-8H2,1-2H3. The van der Waals surface area contributed by atoms with Gasteiger partial charge in [0.15, 0.2) is 0 Å². The zero-order chi connectivity index (χ0) is 12.9. The van der Waals surface area contributed by atoms with E-state index in [1.165, 1.54) is 16.1 Å². The summed E-state index contributed by atoms with van der Waals surface area (Å²) in [5.74, 6) is 0.485. The molecule has 0 bridgehead atoms. The van der Waals surface area contributed by atoms with Gasteiger partial charge in [-0.1, -0.05) is 0 Å². The van der Waals surface area contributed by atoms with E-state index in [9.17, 15) is 13.5 Å². The molecule has 17 heavy (non-hydrogen) atoms. The maximum atomic E-state index is 11.9. The van der Waals surface area contributed by atoms with Crippen LogP contribution >= 0.6 is 11.8 Å².